The zero-order valence-corrected chi connectivity index (χ0v) is 13.2. The van der Waals surface area contributed by atoms with E-state index < -0.39 is 0 Å². The van der Waals surface area contributed by atoms with Crippen LogP contribution in [0.5, 0.6) is 0 Å². The van der Waals surface area contributed by atoms with Crippen molar-refractivity contribution in [2.75, 3.05) is 26.2 Å². The molecule has 3 heteroatoms. The van der Waals surface area contributed by atoms with Gasteiger partial charge in [-0.05, 0) is 37.7 Å². The van der Waals surface area contributed by atoms with Gasteiger partial charge in [0.2, 0.25) is 0 Å². The second-order valence-corrected chi connectivity index (χ2v) is 5.11. The van der Waals surface area contributed by atoms with Gasteiger partial charge in [0.05, 0.1) is 0 Å². The summed E-state index contributed by atoms with van der Waals surface area (Å²) in [5, 5.41) is 3.58. The molecular formula is C16H31N3. The molecule has 1 rings (SSSR count). The van der Waals surface area contributed by atoms with Gasteiger partial charge in [0.15, 0.2) is 0 Å². The number of nitrogens with zero attached hydrogens (tertiary/aromatic N) is 2. The normalized spacial score (nSPS) is 13.1. The van der Waals surface area contributed by atoms with E-state index in [1.54, 1.807) is 0 Å². The number of hydrogen-bond acceptors (Lipinski definition) is 2. The lowest BCUT2D eigenvalue weighted by molar-refractivity contribution is 0.290. The van der Waals surface area contributed by atoms with Crippen LogP contribution in [0.3, 0.4) is 0 Å². The van der Waals surface area contributed by atoms with E-state index in [-0.39, 0.29) is 0 Å². The van der Waals surface area contributed by atoms with Crippen LogP contribution in [0.2, 0.25) is 0 Å². The van der Waals surface area contributed by atoms with Gasteiger partial charge in [-0.1, -0.05) is 34.1 Å². The van der Waals surface area contributed by atoms with Crippen LogP contribution in [0, 0.1) is 0 Å². The van der Waals surface area contributed by atoms with Gasteiger partial charge in [-0.25, -0.2) is 0 Å². The van der Waals surface area contributed by atoms with Crippen molar-refractivity contribution in [2.24, 2.45) is 0 Å². The van der Waals surface area contributed by atoms with E-state index in [9.17, 15) is 0 Å². The Morgan fingerprint density at radius 3 is 2.53 bits per heavy atom. The Labute approximate surface area is 119 Å². The van der Waals surface area contributed by atoms with Crippen molar-refractivity contribution in [3.63, 3.8) is 0 Å². The summed E-state index contributed by atoms with van der Waals surface area (Å²) < 4.78 is 2.33. The van der Waals surface area contributed by atoms with Crippen molar-refractivity contribution in [1.29, 1.82) is 0 Å². The molecule has 0 saturated heterocycles. The molecule has 0 spiro atoms. The Hall–Kier alpha value is -0.800. The van der Waals surface area contributed by atoms with Crippen LogP contribution >= 0.6 is 0 Å². The molecule has 0 aliphatic carbocycles. The lowest BCUT2D eigenvalue weighted by Gasteiger charge is -2.18. The van der Waals surface area contributed by atoms with Crippen LogP contribution in [0.1, 0.15) is 52.1 Å². The van der Waals surface area contributed by atoms with Crippen LogP contribution in [0.4, 0.5) is 0 Å². The molecule has 0 saturated carbocycles. The van der Waals surface area contributed by atoms with Crippen LogP contribution < -0.4 is 5.32 Å². The number of hydrogen-bond donors (Lipinski definition) is 1. The lowest BCUT2D eigenvalue weighted by atomic mass is 10.1. The third-order valence-corrected chi connectivity index (χ3v) is 3.77. The molecule has 1 heterocycles. The van der Waals surface area contributed by atoms with Gasteiger partial charge >= 0.3 is 0 Å². The topological polar surface area (TPSA) is 20.2 Å². The summed E-state index contributed by atoms with van der Waals surface area (Å²) >= 11 is 0. The summed E-state index contributed by atoms with van der Waals surface area (Å²) in [4.78, 5) is 2.47. The van der Waals surface area contributed by atoms with Crippen molar-refractivity contribution in [3.05, 3.63) is 24.0 Å². The van der Waals surface area contributed by atoms with Crippen LogP contribution in [0.25, 0.3) is 0 Å². The van der Waals surface area contributed by atoms with Gasteiger partial charge in [0.1, 0.15) is 0 Å². The maximum Gasteiger partial charge on any atom is 0.0347 e. The molecule has 0 aromatic carbocycles. The van der Waals surface area contributed by atoms with Gasteiger partial charge in [-0.15, -0.1) is 0 Å². The smallest absolute Gasteiger partial charge is 0.0347 e. The summed E-state index contributed by atoms with van der Waals surface area (Å²) in [6.07, 6.45) is 6.97. The van der Waals surface area contributed by atoms with E-state index in [2.05, 4.69) is 60.9 Å². The number of aromatic nitrogens is 1. The highest BCUT2D eigenvalue weighted by Crippen LogP contribution is 2.18. The third kappa shape index (κ3) is 5.37. The predicted octanol–water partition coefficient (Wildman–Crippen LogP) is 3.28. The molecule has 0 aliphatic heterocycles. The monoisotopic (exact) mass is 265 g/mol. The average molecular weight is 265 g/mol. The van der Waals surface area contributed by atoms with Crippen LogP contribution in [-0.4, -0.2) is 35.6 Å². The fourth-order valence-corrected chi connectivity index (χ4v) is 2.52. The zero-order valence-electron chi connectivity index (χ0n) is 13.2. The summed E-state index contributed by atoms with van der Waals surface area (Å²) in [6.45, 7) is 14.4. The minimum Gasteiger partial charge on any atom is -0.353 e. The Morgan fingerprint density at radius 1 is 1.21 bits per heavy atom. The Kier molecular flexibility index (Phi) is 7.84. The van der Waals surface area contributed by atoms with Gasteiger partial charge in [-0.3, -0.25) is 0 Å². The molecule has 0 amide bonds. The maximum atomic E-state index is 3.58. The van der Waals surface area contributed by atoms with E-state index >= 15 is 0 Å². The first-order valence-corrected chi connectivity index (χ1v) is 7.86. The first-order valence-electron chi connectivity index (χ1n) is 7.86. The van der Waals surface area contributed by atoms with Gasteiger partial charge in [0.25, 0.3) is 0 Å². The van der Waals surface area contributed by atoms with Crippen LogP contribution in [0.15, 0.2) is 18.5 Å². The molecule has 1 unspecified atom stereocenters. The van der Waals surface area contributed by atoms with Crippen LogP contribution in [-0.2, 0) is 6.54 Å². The molecule has 1 atom stereocenters. The van der Waals surface area contributed by atoms with E-state index in [1.807, 2.05) is 0 Å². The van der Waals surface area contributed by atoms with Gasteiger partial charge in [0, 0.05) is 31.5 Å². The zero-order chi connectivity index (χ0) is 14.1. The fraction of sp³-hybridized carbons (Fsp3) is 0.750. The third-order valence-electron chi connectivity index (χ3n) is 3.77. The van der Waals surface area contributed by atoms with E-state index in [4.69, 9.17) is 0 Å². The van der Waals surface area contributed by atoms with Gasteiger partial charge in [-0.2, -0.15) is 0 Å². The molecule has 0 radical (unpaired) electrons. The van der Waals surface area contributed by atoms with Crippen molar-refractivity contribution in [2.45, 2.75) is 53.1 Å². The largest absolute Gasteiger partial charge is 0.353 e. The van der Waals surface area contributed by atoms with Gasteiger partial charge < -0.3 is 14.8 Å². The lowest BCUT2D eigenvalue weighted by Crippen LogP contribution is -2.26. The molecule has 1 N–H and O–H groups in total. The predicted molar refractivity (Wildman–Crippen MR) is 83.5 cm³/mol. The minimum atomic E-state index is 0.518. The molecule has 1 aromatic heterocycles. The molecular weight excluding hydrogens is 234 g/mol. The average Bonchev–Trinajstić information content (AvgIpc) is 2.88. The standard InChI is InChI=1S/C16H31N3/c1-5-9-16(17-6-2)15-10-11-19(14-15)13-12-18(7-3)8-4/h10-11,14,16-17H,5-9,12-13H2,1-4H3. The minimum absolute atomic E-state index is 0.518. The fourth-order valence-electron chi connectivity index (χ4n) is 2.52. The maximum absolute atomic E-state index is 3.58. The van der Waals surface area contributed by atoms with E-state index in [0.717, 1.165) is 32.7 Å². The summed E-state index contributed by atoms with van der Waals surface area (Å²) in [7, 11) is 0. The molecule has 110 valence electrons. The second kappa shape index (κ2) is 9.16. The molecule has 19 heavy (non-hydrogen) atoms. The first-order chi connectivity index (χ1) is 9.24. The Bertz CT molecular complexity index is 322. The highest BCUT2D eigenvalue weighted by molar-refractivity contribution is 5.15. The van der Waals surface area contributed by atoms with Crippen molar-refractivity contribution < 1.29 is 0 Å². The molecule has 3 nitrogen and oxygen atoms in total. The quantitative estimate of drug-likeness (QED) is 0.700. The molecule has 1 aromatic rings. The highest BCUT2D eigenvalue weighted by Gasteiger charge is 2.10. The number of nitrogens with one attached hydrogen (secondary N) is 1. The highest BCUT2D eigenvalue weighted by atomic mass is 15.1. The van der Waals surface area contributed by atoms with Crippen molar-refractivity contribution in [1.82, 2.24) is 14.8 Å². The number of likely N-dealkylation sites (N-methyl/N-ethyl adjacent to an activating group) is 1. The Balaban J connectivity index is 2.54. The molecule has 0 aliphatic rings. The number of rotatable bonds is 10. The SMILES string of the molecule is CCCC(NCC)c1ccn(CCN(CC)CC)c1. The summed E-state index contributed by atoms with van der Waals surface area (Å²) in [6, 6.07) is 2.79. The van der Waals surface area contributed by atoms with E-state index in [1.165, 1.54) is 18.4 Å². The molecule has 0 fully saturated rings. The summed E-state index contributed by atoms with van der Waals surface area (Å²) in [5.41, 5.74) is 1.43. The van der Waals surface area contributed by atoms with Crippen molar-refractivity contribution >= 4 is 0 Å². The molecule has 0 bridgehead atoms. The first kappa shape index (κ1) is 16.3. The Morgan fingerprint density at radius 2 is 1.95 bits per heavy atom. The summed E-state index contributed by atoms with van der Waals surface area (Å²) in [5.74, 6) is 0. The van der Waals surface area contributed by atoms with Crippen molar-refractivity contribution in [3.8, 4) is 0 Å². The second-order valence-electron chi connectivity index (χ2n) is 5.11. The van der Waals surface area contributed by atoms with E-state index in [0.29, 0.717) is 6.04 Å².